The van der Waals surface area contributed by atoms with E-state index in [9.17, 15) is 4.79 Å². The van der Waals surface area contributed by atoms with Crippen molar-refractivity contribution in [2.45, 2.75) is 83.3 Å². The molecule has 0 amide bonds. The van der Waals surface area contributed by atoms with Crippen molar-refractivity contribution in [3.63, 3.8) is 0 Å². The first-order chi connectivity index (χ1) is 14.2. The maximum Gasteiger partial charge on any atom is 0.166 e. The lowest BCUT2D eigenvalue weighted by Crippen LogP contribution is -2.44. The van der Waals surface area contributed by atoms with Crippen molar-refractivity contribution in [2.24, 2.45) is 5.92 Å². The number of rotatable bonds is 9. The van der Waals surface area contributed by atoms with Crippen molar-refractivity contribution >= 4 is 5.78 Å². The molecule has 2 fully saturated rings. The maximum absolute atomic E-state index is 13.2. The van der Waals surface area contributed by atoms with E-state index in [-0.39, 0.29) is 5.92 Å². The minimum atomic E-state index is 0.204. The molecular formula is C27H35NO. The first-order valence-corrected chi connectivity index (χ1v) is 11.7. The average molecular weight is 390 g/mol. The summed E-state index contributed by atoms with van der Waals surface area (Å²) in [6.07, 6.45) is 10.8. The molecule has 2 heterocycles. The van der Waals surface area contributed by atoms with Gasteiger partial charge in [0.05, 0.1) is 0 Å². The number of hydrogen-bond donors (Lipinski definition) is 0. The van der Waals surface area contributed by atoms with E-state index in [0.29, 0.717) is 17.9 Å². The largest absolute Gasteiger partial charge is 0.294 e. The van der Waals surface area contributed by atoms with Crippen molar-refractivity contribution in [3.8, 4) is 0 Å². The molecule has 0 N–H and O–H groups in total. The number of benzene rings is 2. The molecule has 2 bridgehead atoms. The van der Waals surface area contributed by atoms with Gasteiger partial charge in [0.15, 0.2) is 5.78 Å². The van der Waals surface area contributed by atoms with Crippen LogP contribution in [0.4, 0.5) is 0 Å². The molecule has 2 aliphatic heterocycles. The molecule has 2 unspecified atom stereocenters. The number of Topliss-reactive ketones (excluding diaryl/α,β-unsaturated/α-hetero) is 1. The van der Waals surface area contributed by atoms with Crippen molar-refractivity contribution in [1.29, 1.82) is 0 Å². The summed E-state index contributed by atoms with van der Waals surface area (Å²) in [5, 5.41) is 0. The summed E-state index contributed by atoms with van der Waals surface area (Å²) in [5.74, 6) is 0.578. The molecule has 2 saturated heterocycles. The van der Waals surface area contributed by atoms with E-state index in [0.717, 1.165) is 31.4 Å². The first kappa shape index (κ1) is 20.3. The number of hydrogen-bond acceptors (Lipinski definition) is 2. The van der Waals surface area contributed by atoms with Crippen LogP contribution in [-0.2, 0) is 13.0 Å². The third-order valence-corrected chi connectivity index (χ3v) is 7.02. The quantitative estimate of drug-likeness (QED) is 0.363. The number of carbonyl (C=O) groups is 1. The van der Waals surface area contributed by atoms with Crippen molar-refractivity contribution < 1.29 is 4.79 Å². The molecule has 2 aromatic rings. The van der Waals surface area contributed by atoms with E-state index in [1.165, 1.54) is 49.7 Å². The molecule has 0 aromatic heterocycles. The number of ketones is 1. The Morgan fingerprint density at radius 2 is 1.55 bits per heavy atom. The van der Waals surface area contributed by atoms with Crippen LogP contribution in [0, 0.1) is 5.92 Å². The Kier molecular flexibility index (Phi) is 6.82. The highest BCUT2D eigenvalue weighted by molar-refractivity contribution is 5.98. The monoisotopic (exact) mass is 389 g/mol. The van der Waals surface area contributed by atoms with Crippen molar-refractivity contribution in [2.75, 3.05) is 0 Å². The first-order valence-electron chi connectivity index (χ1n) is 11.7. The minimum absolute atomic E-state index is 0.204. The molecule has 0 aliphatic carbocycles. The fourth-order valence-electron chi connectivity index (χ4n) is 5.37. The number of unbranched alkanes of at least 4 members (excludes halogenated alkanes) is 3. The summed E-state index contributed by atoms with van der Waals surface area (Å²) in [5.41, 5.74) is 3.68. The lowest BCUT2D eigenvalue weighted by atomic mass is 9.84. The summed E-state index contributed by atoms with van der Waals surface area (Å²) in [6.45, 7) is 3.28. The summed E-state index contributed by atoms with van der Waals surface area (Å²) >= 11 is 0. The van der Waals surface area contributed by atoms with Gasteiger partial charge in [0.25, 0.3) is 0 Å². The highest BCUT2D eigenvalue weighted by atomic mass is 16.1. The van der Waals surface area contributed by atoms with E-state index in [2.05, 4.69) is 66.4 Å². The summed E-state index contributed by atoms with van der Waals surface area (Å²) in [7, 11) is 0. The van der Waals surface area contributed by atoms with E-state index in [4.69, 9.17) is 0 Å². The van der Waals surface area contributed by atoms with Gasteiger partial charge >= 0.3 is 0 Å². The predicted octanol–water partition coefficient (Wildman–Crippen LogP) is 6.44. The van der Waals surface area contributed by atoms with Crippen LogP contribution in [0.25, 0.3) is 0 Å². The van der Waals surface area contributed by atoms with Gasteiger partial charge in [0.1, 0.15) is 0 Å². The minimum Gasteiger partial charge on any atom is -0.294 e. The number of piperidine rings is 1. The van der Waals surface area contributed by atoms with Gasteiger partial charge in [0, 0.05) is 30.1 Å². The second kappa shape index (κ2) is 9.71. The zero-order valence-electron chi connectivity index (χ0n) is 17.9. The van der Waals surface area contributed by atoms with Gasteiger partial charge in [-0.3, -0.25) is 9.69 Å². The second-order valence-corrected chi connectivity index (χ2v) is 9.08. The third-order valence-electron chi connectivity index (χ3n) is 7.02. The molecule has 4 rings (SSSR count). The highest BCUT2D eigenvalue weighted by Gasteiger charge is 2.42. The van der Waals surface area contributed by atoms with Gasteiger partial charge in [-0.1, -0.05) is 80.8 Å². The molecule has 2 aromatic carbocycles. The van der Waals surface area contributed by atoms with Crippen molar-refractivity contribution in [1.82, 2.24) is 4.90 Å². The molecule has 154 valence electrons. The van der Waals surface area contributed by atoms with Crippen LogP contribution in [0.15, 0.2) is 54.6 Å². The Labute approximate surface area is 176 Å². The van der Waals surface area contributed by atoms with E-state index in [1.807, 2.05) is 0 Å². The SMILES string of the molecule is CCCCCCc1ccc(C(=O)C2CC3CCC(C2)N3Cc2ccccc2)cc1. The van der Waals surface area contributed by atoms with Gasteiger partial charge in [-0.05, 0) is 49.7 Å². The molecule has 0 spiro atoms. The predicted molar refractivity (Wildman–Crippen MR) is 120 cm³/mol. The fraction of sp³-hybridized carbons (Fsp3) is 0.519. The summed E-state index contributed by atoms with van der Waals surface area (Å²) in [6, 6.07) is 20.4. The molecule has 0 radical (unpaired) electrons. The summed E-state index contributed by atoms with van der Waals surface area (Å²) < 4.78 is 0. The lowest BCUT2D eigenvalue weighted by molar-refractivity contribution is 0.0678. The Hall–Kier alpha value is -1.93. The van der Waals surface area contributed by atoms with Gasteiger partial charge in [-0.25, -0.2) is 0 Å². The van der Waals surface area contributed by atoms with E-state index >= 15 is 0 Å². The number of fused-ring (bicyclic) bond motifs is 2. The van der Waals surface area contributed by atoms with Crippen LogP contribution in [0.2, 0.25) is 0 Å². The van der Waals surface area contributed by atoms with Crippen LogP contribution in [-0.4, -0.2) is 22.8 Å². The lowest BCUT2D eigenvalue weighted by Gasteiger charge is -2.38. The zero-order valence-corrected chi connectivity index (χ0v) is 17.9. The molecule has 2 aliphatic rings. The molecule has 2 nitrogen and oxygen atoms in total. The van der Waals surface area contributed by atoms with Gasteiger partial charge in [-0.15, -0.1) is 0 Å². The molecule has 0 saturated carbocycles. The second-order valence-electron chi connectivity index (χ2n) is 9.08. The number of carbonyl (C=O) groups excluding carboxylic acids is 1. The normalized spacial score (nSPS) is 24.0. The zero-order chi connectivity index (χ0) is 20.1. The molecule has 2 heteroatoms. The Bertz CT molecular complexity index is 768. The standard InChI is InChI=1S/C27H35NO/c1-2-3-4-6-9-21-12-14-23(15-13-21)27(29)24-18-25-16-17-26(19-24)28(25)20-22-10-7-5-8-11-22/h5,7-8,10-15,24-26H,2-4,6,9,16-20H2,1H3. The molecule has 29 heavy (non-hydrogen) atoms. The van der Waals surface area contributed by atoms with Crippen molar-refractivity contribution in [3.05, 3.63) is 71.3 Å². The van der Waals surface area contributed by atoms with E-state index < -0.39 is 0 Å². The summed E-state index contributed by atoms with van der Waals surface area (Å²) in [4.78, 5) is 15.8. The van der Waals surface area contributed by atoms with Gasteiger partial charge < -0.3 is 0 Å². The van der Waals surface area contributed by atoms with Gasteiger partial charge in [0.2, 0.25) is 0 Å². The third kappa shape index (κ3) is 4.98. The van der Waals surface area contributed by atoms with Crippen LogP contribution < -0.4 is 0 Å². The number of nitrogens with zero attached hydrogens (tertiary/aromatic N) is 1. The Morgan fingerprint density at radius 3 is 2.21 bits per heavy atom. The molecule has 2 atom stereocenters. The highest BCUT2D eigenvalue weighted by Crippen LogP contribution is 2.40. The Morgan fingerprint density at radius 1 is 0.862 bits per heavy atom. The molecular weight excluding hydrogens is 354 g/mol. The topological polar surface area (TPSA) is 20.3 Å². The fourth-order valence-corrected chi connectivity index (χ4v) is 5.37. The van der Waals surface area contributed by atoms with E-state index in [1.54, 1.807) is 0 Å². The van der Waals surface area contributed by atoms with Crippen LogP contribution in [0.3, 0.4) is 0 Å². The average Bonchev–Trinajstić information content (AvgIpc) is 2.98. The van der Waals surface area contributed by atoms with Gasteiger partial charge in [-0.2, -0.15) is 0 Å². The van der Waals surface area contributed by atoms with Crippen LogP contribution >= 0.6 is 0 Å². The Balaban J connectivity index is 1.33. The maximum atomic E-state index is 13.2. The smallest absolute Gasteiger partial charge is 0.166 e. The number of aryl methyl sites for hydroxylation is 1. The van der Waals surface area contributed by atoms with Crippen LogP contribution in [0.5, 0.6) is 0 Å². The van der Waals surface area contributed by atoms with Crippen LogP contribution in [0.1, 0.15) is 79.8 Å².